The van der Waals surface area contributed by atoms with Gasteiger partial charge in [-0.15, -0.1) is 0 Å². The fraction of sp³-hybridized carbons (Fsp3) is 0.364. The summed E-state index contributed by atoms with van der Waals surface area (Å²) in [7, 11) is -2.20. The SMILES string of the molecule is CCc1cc2c(C(=O)NC)c(-c3ccc(F)cc3)oc2nc1NS(=O)(=O)CCCC[S+](C)[O-]. The van der Waals surface area contributed by atoms with Crippen molar-refractivity contribution in [1.29, 1.82) is 0 Å². The first-order valence-electron chi connectivity index (χ1n) is 10.4. The van der Waals surface area contributed by atoms with Crippen LogP contribution in [0.4, 0.5) is 10.2 Å². The largest absolute Gasteiger partial charge is 0.617 e. The number of carbonyl (C=O) groups is 1. The third-order valence-electron chi connectivity index (χ3n) is 5.05. The van der Waals surface area contributed by atoms with Gasteiger partial charge in [0.25, 0.3) is 5.91 Å². The molecule has 0 aliphatic rings. The van der Waals surface area contributed by atoms with E-state index < -0.39 is 32.9 Å². The molecule has 8 nitrogen and oxygen atoms in total. The van der Waals surface area contributed by atoms with Gasteiger partial charge in [-0.3, -0.25) is 9.52 Å². The van der Waals surface area contributed by atoms with Crippen molar-refractivity contribution in [2.24, 2.45) is 0 Å². The maximum Gasteiger partial charge on any atom is 0.255 e. The lowest BCUT2D eigenvalue weighted by Crippen LogP contribution is -2.20. The third-order valence-corrected chi connectivity index (χ3v) is 7.24. The number of aromatic nitrogens is 1. The number of aryl methyl sites for hydroxylation is 1. The highest BCUT2D eigenvalue weighted by atomic mass is 32.2. The number of sulfonamides is 1. The molecule has 33 heavy (non-hydrogen) atoms. The molecule has 1 atom stereocenters. The van der Waals surface area contributed by atoms with Gasteiger partial charge in [0.1, 0.15) is 23.1 Å². The van der Waals surface area contributed by atoms with Crippen LogP contribution < -0.4 is 10.0 Å². The lowest BCUT2D eigenvalue weighted by molar-refractivity contribution is 0.0964. The number of hydrogen-bond donors (Lipinski definition) is 2. The van der Waals surface area contributed by atoms with E-state index in [-0.39, 0.29) is 28.6 Å². The van der Waals surface area contributed by atoms with Gasteiger partial charge < -0.3 is 14.3 Å². The van der Waals surface area contributed by atoms with Gasteiger partial charge in [-0.05, 0) is 55.2 Å². The predicted molar refractivity (Wildman–Crippen MR) is 128 cm³/mol. The number of halogens is 1. The fourth-order valence-corrected chi connectivity index (χ4v) is 5.14. The molecule has 1 aromatic carbocycles. The number of pyridine rings is 1. The molecular formula is C22H26FN3O5S2. The van der Waals surface area contributed by atoms with Gasteiger partial charge in [0, 0.05) is 12.6 Å². The van der Waals surface area contributed by atoms with Crippen LogP contribution in [-0.4, -0.2) is 48.7 Å². The summed E-state index contributed by atoms with van der Waals surface area (Å²) in [4.78, 5) is 17.0. The van der Waals surface area contributed by atoms with Gasteiger partial charge in [-0.25, -0.2) is 12.8 Å². The van der Waals surface area contributed by atoms with E-state index in [2.05, 4.69) is 15.0 Å². The normalized spacial score (nSPS) is 12.6. The summed E-state index contributed by atoms with van der Waals surface area (Å²) in [5, 5.41) is 3.00. The van der Waals surface area contributed by atoms with Gasteiger partial charge in [0.15, 0.2) is 0 Å². The summed E-state index contributed by atoms with van der Waals surface area (Å²) in [6.07, 6.45) is 2.94. The molecule has 0 saturated carbocycles. The van der Waals surface area contributed by atoms with E-state index in [1.54, 1.807) is 12.3 Å². The van der Waals surface area contributed by atoms with Crippen molar-refractivity contribution in [2.75, 3.05) is 29.5 Å². The van der Waals surface area contributed by atoms with Gasteiger partial charge in [0.05, 0.1) is 23.0 Å². The number of unbranched alkanes of at least 4 members (excludes halogenated alkanes) is 1. The second-order valence-corrected chi connectivity index (χ2v) is 10.9. The Balaban J connectivity index is 2.01. The van der Waals surface area contributed by atoms with Crippen LogP contribution in [0, 0.1) is 5.82 Å². The molecule has 2 heterocycles. The Bertz CT molecular complexity index is 1240. The molecule has 0 bridgehead atoms. The average Bonchev–Trinajstić information content (AvgIpc) is 3.14. The van der Waals surface area contributed by atoms with E-state index in [1.165, 1.54) is 31.3 Å². The smallest absolute Gasteiger partial charge is 0.255 e. The number of carbonyl (C=O) groups excluding carboxylic acids is 1. The van der Waals surface area contributed by atoms with Crippen molar-refractivity contribution in [3.8, 4) is 11.3 Å². The predicted octanol–water partition coefficient (Wildman–Crippen LogP) is 3.46. The fourth-order valence-electron chi connectivity index (χ4n) is 3.37. The summed E-state index contributed by atoms with van der Waals surface area (Å²) in [5.41, 5.74) is 1.41. The Labute approximate surface area is 195 Å². The number of benzene rings is 1. The van der Waals surface area contributed by atoms with Crippen LogP contribution in [0.1, 0.15) is 35.7 Å². The van der Waals surface area contributed by atoms with Crippen molar-refractivity contribution in [3.63, 3.8) is 0 Å². The van der Waals surface area contributed by atoms with Crippen molar-refractivity contribution in [2.45, 2.75) is 26.2 Å². The Hall–Kier alpha value is -2.63. The van der Waals surface area contributed by atoms with E-state index in [9.17, 15) is 22.2 Å². The Morgan fingerprint density at radius 1 is 1.24 bits per heavy atom. The molecule has 11 heteroatoms. The van der Waals surface area contributed by atoms with Crippen LogP contribution in [0.25, 0.3) is 22.4 Å². The summed E-state index contributed by atoms with van der Waals surface area (Å²) >= 11 is -0.968. The minimum Gasteiger partial charge on any atom is -0.617 e. The second-order valence-electron chi connectivity index (χ2n) is 7.50. The molecule has 3 rings (SSSR count). The molecule has 0 spiro atoms. The van der Waals surface area contributed by atoms with E-state index >= 15 is 0 Å². The number of fused-ring (bicyclic) bond motifs is 1. The highest BCUT2D eigenvalue weighted by Gasteiger charge is 2.25. The van der Waals surface area contributed by atoms with Crippen molar-refractivity contribution >= 4 is 44.0 Å². The molecule has 1 amide bonds. The lowest BCUT2D eigenvalue weighted by atomic mass is 10.0. The maximum absolute atomic E-state index is 13.4. The van der Waals surface area contributed by atoms with E-state index in [1.807, 2.05) is 6.92 Å². The van der Waals surface area contributed by atoms with Crippen LogP contribution in [0.15, 0.2) is 34.7 Å². The quantitative estimate of drug-likeness (QED) is 0.328. The zero-order chi connectivity index (χ0) is 24.2. The summed E-state index contributed by atoms with van der Waals surface area (Å²) in [6, 6.07) is 7.19. The first-order valence-corrected chi connectivity index (χ1v) is 13.8. The van der Waals surface area contributed by atoms with Crippen LogP contribution in [0.2, 0.25) is 0 Å². The monoisotopic (exact) mass is 495 g/mol. The second kappa shape index (κ2) is 10.5. The summed E-state index contributed by atoms with van der Waals surface area (Å²) < 4.78 is 58.1. The molecule has 0 aliphatic heterocycles. The van der Waals surface area contributed by atoms with Crippen LogP contribution in [0.3, 0.4) is 0 Å². The average molecular weight is 496 g/mol. The molecule has 3 aromatic rings. The number of hydrogen-bond acceptors (Lipinski definition) is 6. The van der Waals surface area contributed by atoms with E-state index in [4.69, 9.17) is 4.42 Å². The summed E-state index contributed by atoms with van der Waals surface area (Å²) in [6.45, 7) is 1.84. The van der Waals surface area contributed by atoms with Gasteiger partial charge in [-0.1, -0.05) is 18.1 Å². The number of anilines is 1. The highest BCUT2D eigenvalue weighted by Crippen LogP contribution is 2.35. The first-order chi connectivity index (χ1) is 15.6. The van der Waals surface area contributed by atoms with Crippen LogP contribution >= 0.6 is 0 Å². The Kier molecular flexibility index (Phi) is 7.98. The maximum atomic E-state index is 13.4. The zero-order valence-electron chi connectivity index (χ0n) is 18.6. The molecule has 0 aliphatic carbocycles. The Morgan fingerprint density at radius 3 is 2.55 bits per heavy atom. The molecular weight excluding hydrogens is 469 g/mol. The molecule has 2 N–H and O–H groups in total. The van der Waals surface area contributed by atoms with Crippen molar-refractivity contribution < 1.29 is 26.6 Å². The minimum atomic E-state index is -3.69. The standard InChI is InChI=1S/C22H26FN3O5S2/c1-4-14-13-17-18(21(27)24-2)19(15-7-9-16(23)10-8-15)31-22(17)25-20(14)26-33(29,30)12-6-5-11-32(3)28/h7-10,13H,4-6,11-12H2,1-3H3,(H,24,27)(H,25,26). The molecule has 2 aromatic heterocycles. The molecule has 0 radical (unpaired) electrons. The first kappa shape index (κ1) is 25.0. The minimum absolute atomic E-state index is 0.0872. The van der Waals surface area contributed by atoms with Crippen molar-refractivity contribution in [3.05, 3.63) is 47.3 Å². The molecule has 178 valence electrons. The molecule has 1 unspecified atom stereocenters. The number of furan rings is 1. The van der Waals surface area contributed by atoms with Crippen molar-refractivity contribution in [1.82, 2.24) is 10.3 Å². The van der Waals surface area contributed by atoms with Gasteiger partial charge in [0.2, 0.25) is 15.7 Å². The lowest BCUT2D eigenvalue weighted by Gasteiger charge is -2.11. The van der Waals surface area contributed by atoms with Crippen LogP contribution in [-0.2, 0) is 27.6 Å². The summed E-state index contributed by atoms with van der Waals surface area (Å²) in [5.74, 6) is -0.169. The van der Waals surface area contributed by atoms with E-state index in [0.717, 1.165) is 0 Å². The molecule has 0 fully saturated rings. The molecule has 0 saturated heterocycles. The van der Waals surface area contributed by atoms with Gasteiger partial charge >= 0.3 is 0 Å². The topological polar surface area (TPSA) is 124 Å². The highest BCUT2D eigenvalue weighted by molar-refractivity contribution is 7.92. The van der Waals surface area contributed by atoms with E-state index in [0.29, 0.717) is 41.5 Å². The van der Waals surface area contributed by atoms with Gasteiger partial charge in [-0.2, -0.15) is 4.98 Å². The number of amides is 1. The number of nitrogens with one attached hydrogen (secondary N) is 2. The number of nitrogens with zero attached hydrogens (tertiary/aromatic N) is 1. The zero-order valence-corrected chi connectivity index (χ0v) is 20.2. The Morgan fingerprint density at radius 2 is 1.94 bits per heavy atom. The van der Waals surface area contributed by atoms with Crippen LogP contribution in [0.5, 0.6) is 0 Å². The number of rotatable bonds is 10. The third kappa shape index (κ3) is 6.04.